The second-order valence-electron chi connectivity index (χ2n) is 6.37. The first-order chi connectivity index (χ1) is 13.4. The van der Waals surface area contributed by atoms with E-state index in [-0.39, 0.29) is 17.3 Å². The molecule has 0 aliphatic carbocycles. The third kappa shape index (κ3) is 4.22. The van der Waals surface area contributed by atoms with Crippen LogP contribution in [0, 0.1) is 24.0 Å². The van der Waals surface area contributed by atoms with Gasteiger partial charge in [0.25, 0.3) is 5.91 Å². The summed E-state index contributed by atoms with van der Waals surface area (Å²) in [5.74, 6) is -0.355. The Kier molecular flexibility index (Phi) is 5.78. The number of rotatable bonds is 7. The highest BCUT2D eigenvalue weighted by atomic mass is 32.1. The van der Waals surface area contributed by atoms with E-state index in [1.807, 2.05) is 18.2 Å². The standard InChI is InChI=1S/C18H20N6O3S/c1-11-16(24(26)27)12(2)23(22-11)13(3)17(25)19-18-21-20-15(28-18)10-9-14-7-5-4-6-8-14/h4-8,13H,9-10H2,1-3H3,(H,19,21,25)/t13-/m0/s1. The Hall–Kier alpha value is -3.14. The minimum atomic E-state index is -0.718. The second-order valence-corrected chi connectivity index (χ2v) is 7.43. The van der Waals surface area contributed by atoms with Crippen molar-refractivity contribution in [2.24, 2.45) is 0 Å². The number of aryl methyl sites for hydroxylation is 3. The van der Waals surface area contributed by atoms with Gasteiger partial charge in [-0.3, -0.25) is 24.9 Å². The first kappa shape index (κ1) is 19.6. The Morgan fingerprint density at radius 1 is 1.25 bits per heavy atom. The van der Waals surface area contributed by atoms with Gasteiger partial charge in [-0.1, -0.05) is 41.7 Å². The zero-order valence-electron chi connectivity index (χ0n) is 15.7. The Morgan fingerprint density at radius 3 is 2.61 bits per heavy atom. The minimum Gasteiger partial charge on any atom is -0.299 e. The molecule has 0 radical (unpaired) electrons. The van der Waals surface area contributed by atoms with Crippen molar-refractivity contribution >= 4 is 28.1 Å². The van der Waals surface area contributed by atoms with Gasteiger partial charge in [-0.2, -0.15) is 5.10 Å². The van der Waals surface area contributed by atoms with Gasteiger partial charge in [0.05, 0.1) is 4.92 Å². The van der Waals surface area contributed by atoms with Gasteiger partial charge >= 0.3 is 5.69 Å². The molecule has 1 N–H and O–H groups in total. The molecule has 0 spiro atoms. The molecule has 0 fully saturated rings. The number of anilines is 1. The molecule has 9 nitrogen and oxygen atoms in total. The lowest BCUT2D eigenvalue weighted by Crippen LogP contribution is -2.25. The summed E-state index contributed by atoms with van der Waals surface area (Å²) in [6.07, 6.45) is 1.58. The average Bonchev–Trinajstić information content (AvgIpc) is 3.23. The molecule has 3 rings (SSSR count). The molecule has 0 saturated heterocycles. The number of hydrogen-bond donors (Lipinski definition) is 1. The minimum absolute atomic E-state index is 0.0706. The van der Waals surface area contributed by atoms with Crippen molar-refractivity contribution in [1.29, 1.82) is 0 Å². The third-order valence-corrected chi connectivity index (χ3v) is 5.28. The Labute approximate surface area is 165 Å². The molecule has 0 unspecified atom stereocenters. The van der Waals surface area contributed by atoms with E-state index in [1.165, 1.54) is 21.6 Å². The van der Waals surface area contributed by atoms with Crippen LogP contribution in [0.15, 0.2) is 30.3 Å². The van der Waals surface area contributed by atoms with E-state index in [0.717, 1.165) is 17.8 Å². The van der Waals surface area contributed by atoms with Crippen LogP contribution in [-0.2, 0) is 17.6 Å². The second kappa shape index (κ2) is 8.26. The van der Waals surface area contributed by atoms with E-state index >= 15 is 0 Å². The molecule has 1 atom stereocenters. The van der Waals surface area contributed by atoms with Crippen molar-refractivity contribution in [2.75, 3.05) is 5.32 Å². The Balaban J connectivity index is 1.64. The summed E-state index contributed by atoms with van der Waals surface area (Å²) >= 11 is 1.32. The molecule has 1 amide bonds. The molecule has 10 heteroatoms. The number of carbonyl (C=O) groups is 1. The van der Waals surface area contributed by atoms with Gasteiger partial charge in [0.15, 0.2) is 0 Å². The van der Waals surface area contributed by atoms with Crippen LogP contribution in [0.4, 0.5) is 10.8 Å². The molecular weight excluding hydrogens is 380 g/mol. The van der Waals surface area contributed by atoms with Gasteiger partial charge in [0.2, 0.25) is 5.13 Å². The SMILES string of the molecule is Cc1nn([C@@H](C)C(=O)Nc2nnc(CCc3ccccc3)s2)c(C)c1[N+](=O)[O-]. The molecule has 0 bridgehead atoms. The van der Waals surface area contributed by atoms with Gasteiger partial charge in [-0.05, 0) is 32.8 Å². The van der Waals surface area contributed by atoms with Crippen LogP contribution in [0.2, 0.25) is 0 Å². The van der Waals surface area contributed by atoms with E-state index in [2.05, 4.69) is 32.7 Å². The first-order valence-corrected chi connectivity index (χ1v) is 9.55. The average molecular weight is 400 g/mol. The van der Waals surface area contributed by atoms with Crippen molar-refractivity contribution in [3.63, 3.8) is 0 Å². The lowest BCUT2D eigenvalue weighted by atomic mass is 10.1. The number of benzene rings is 1. The van der Waals surface area contributed by atoms with E-state index in [1.54, 1.807) is 20.8 Å². The highest BCUT2D eigenvalue weighted by Gasteiger charge is 2.27. The lowest BCUT2D eigenvalue weighted by Gasteiger charge is -2.12. The maximum absolute atomic E-state index is 12.5. The quantitative estimate of drug-likeness (QED) is 0.481. The fourth-order valence-electron chi connectivity index (χ4n) is 2.92. The summed E-state index contributed by atoms with van der Waals surface area (Å²) in [7, 11) is 0. The van der Waals surface area contributed by atoms with Gasteiger partial charge in [0.1, 0.15) is 22.4 Å². The monoisotopic (exact) mass is 400 g/mol. The summed E-state index contributed by atoms with van der Waals surface area (Å²) < 4.78 is 1.36. The highest BCUT2D eigenvalue weighted by molar-refractivity contribution is 7.15. The number of nitrogens with one attached hydrogen (secondary N) is 1. The molecule has 0 saturated carbocycles. The Morgan fingerprint density at radius 2 is 1.96 bits per heavy atom. The molecule has 0 aliphatic heterocycles. The molecule has 3 aromatic rings. The molecule has 1 aromatic carbocycles. The van der Waals surface area contributed by atoms with Crippen LogP contribution >= 0.6 is 11.3 Å². The Bertz CT molecular complexity index is 998. The van der Waals surface area contributed by atoms with Gasteiger partial charge in [-0.25, -0.2) is 0 Å². The number of hydrogen-bond acceptors (Lipinski definition) is 7. The number of aromatic nitrogens is 4. The summed E-state index contributed by atoms with van der Waals surface area (Å²) in [6, 6.07) is 9.35. The van der Waals surface area contributed by atoms with Crippen LogP contribution in [-0.4, -0.2) is 30.8 Å². The molecular formula is C18H20N6O3S. The van der Waals surface area contributed by atoms with Crippen LogP contribution < -0.4 is 5.32 Å². The van der Waals surface area contributed by atoms with E-state index in [0.29, 0.717) is 10.8 Å². The zero-order chi connectivity index (χ0) is 20.3. The maximum atomic E-state index is 12.5. The van der Waals surface area contributed by atoms with E-state index in [9.17, 15) is 14.9 Å². The van der Waals surface area contributed by atoms with Crippen LogP contribution in [0.5, 0.6) is 0 Å². The number of nitrogens with zero attached hydrogens (tertiary/aromatic N) is 5. The topological polar surface area (TPSA) is 116 Å². The summed E-state index contributed by atoms with van der Waals surface area (Å²) in [5, 5.41) is 27.4. The lowest BCUT2D eigenvalue weighted by molar-refractivity contribution is -0.386. The smallest absolute Gasteiger partial charge is 0.299 e. The van der Waals surface area contributed by atoms with Crippen molar-refractivity contribution < 1.29 is 9.72 Å². The van der Waals surface area contributed by atoms with Gasteiger partial charge < -0.3 is 0 Å². The zero-order valence-corrected chi connectivity index (χ0v) is 16.6. The molecule has 146 valence electrons. The van der Waals surface area contributed by atoms with Crippen molar-refractivity contribution in [3.05, 3.63) is 62.4 Å². The van der Waals surface area contributed by atoms with Gasteiger partial charge in [0, 0.05) is 6.42 Å². The molecule has 2 heterocycles. The predicted molar refractivity (Wildman–Crippen MR) is 105 cm³/mol. The largest absolute Gasteiger partial charge is 0.312 e. The molecule has 28 heavy (non-hydrogen) atoms. The molecule has 2 aromatic heterocycles. The molecule has 0 aliphatic rings. The fourth-order valence-corrected chi connectivity index (χ4v) is 3.66. The van der Waals surface area contributed by atoms with Crippen molar-refractivity contribution in [3.8, 4) is 0 Å². The predicted octanol–water partition coefficient (Wildman–Crippen LogP) is 3.24. The van der Waals surface area contributed by atoms with Crippen LogP contribution in [0.1, 0.15) is 34.9 Å². The third-order valence-electron chi connectivity index (χ3n) is 4.38. The first-order valence-electron chi connectivity index (χ1n) is 8.74. The number of carbonyl (C=O) groups excluding carboxylic acids is 1. The fraction of sp³-hybridized carbons (Fsp3) is 0.333. The van der Waals surface area contributed by atoms with Crippen molar-refractivity contribution in [1.82, 2.24) is 20.0 Å². The van der Waals surface area contributed by atoms with Crippen LogP contribution in [0.25, 0.3) is 0 Å². The number of nitro groups is 1. The summed E-state index contributed by atoms with van der Waals surface area (Å²) in [5.41, 5.74) is 1.76. The summed E-state index contributed by atoms with van der Waals surface area (Å²) in [6.45, 7) is 4.76. The van der Waals surface area contributed by atoms with Crippen LogP contribution in [0.3, 0.4) is 0 Å². The van der Waals surface area contributed by atoms with E-state index < -0.39 is 11.0 Å². The van der Waals surface area contributed by atoms with E-state index in [4.69, 9.17) is 0 Å². The van der Waals surface area contributed by atoms with Crippen molar-refractivity contribution in [2.45, 2.75) is 39.7 Å². The maximum Gasteiger partial charge on any atom is 0.312 e. The summed E-state index contributed by atoms with van der Waals surface area (Å²) in [4.78, 5) is 23.2. The van der Waals surface area contributed by atoms with Gasteiger partial charge in [-0.15, -0.1) is 10.2 Å². The number of amides is 1. The normalized spacial score (nSPS) is 12.0. The highest BCUT2D eigenvalue weighted by Crippen LogP contribution is 2.25.